The number of nitrogens with zero attached hydrogens (tertiary/aromatic N) is 3. The first kappa shape index (κ1) is 15.8. The van der Waals surface area contributed by atoms with Gasteiger partial charge in [-0.05, 0) is 24.3 Å². The molecule has 0 radical (unpaired) electrons. The molecule has 0 fully saturated rings. The van der Waals surface area contributed by atoms with Gasteiger partial charge in [0.2, 0.25) is 0 Å². The first-order chi connectivity index (χ1) is 9.36. The standard InChI is InChI=1S/C14H22N4O2/c1-10(13(15)16-20)9-18(4)14(19)11-5-7-12(8-6-11)17(2)3/h5-8,10,20H,9H2,1-4H3,(H2,15,16). The van der Waals surface area contributed by atoms with Crippen LogP contribution in [0.15, 0.2) is 29.4 Å². The van der Waals surface area contributed by atoms with Gasteiger partial charge in [0.15, 0.2) is 0 Å². The van der Waals surface area contributed by atoms with Crippen molar-refractivity contribution in [1.29, 1.82) is 0 Å². The van der Waals surface area contributed by atoms with E-state index < -0.39 is 0 Å². The zero-order valence-electron chi connectivity index (χ0n) is 12.4. The summed E-state index contributed by atoms with van der Waals surface area (Å²) in [5.74, 6) is -0.171. The van der Waals surface area contributed by atoms with Crippen LogP contribution in [-0.4, -0.2) is 49.5 Å². The Morgan fingerprint density at radius 3 is 2.30 bits per heavy atom. The number of carbonyl (C=O) groups is 1. The molecule has 1 aromatic carbocycles. The first-order valence-corrected chi connectivity index (χ1v) is 6.37. The minimum atomic E-state index is -0.199. The Hall–Kier alpha value is -2.24. The molecule has 0 aliphatic carbocycles. The minimum Gasteiger partial charge on any atom is -0.409 e. The lowest BCUT2D eigenvalue weighted by Gasteiger charge is -2.21. The Morgan fingerprint density at radius 1 is 1.30 bits per heavy atom. The second kappa shape index (κ2) is 6.79. The normalized spacial score (nSPS) is 12.9. The van der Waals surface area contributed by atoms with Crippen LogP contribution < -0.4 is 10.6 Å². The van der Waals surface area contributed by atoms with Crippen molar-refractivity contribution >= 4 is 17.4 Å². The zero-order chi connectivity index (χ0) is 15.3. The highest BCUT2D eigenvalue weighted by molar-refractivity contribution is 5.94. The van der Waals surface area contributed by atoms with E-state index in [1.165, 1.54) is 0 Å². The average molecular weight is 278 g/mol. The number of hydrogen-bond acceptors (Lipinski definition) is 4. The Morgan fingerprint density at radius 2 is 1.85 bits per heavy atom. The molecule has 0 saturated carbocycles. The maximum atomic E-state index is 12.2. The molecule has 0 aliphatic rings. The summed E-state index contributed by atoms with van der Waals surface area (Å²) in [5.41, 5.74) is 7.17. The summed E-state index contributed by atoms with van der Waals surface area (Å²) >= 11 is 0. The van der Waals surface area contributed by atoms with Gasteiger partial charge >= 0.3 is 0 Å². The number of oxime groups is 1. The quantitative estimate of drug-likeness (QED) is 0.367. The fourth-order valence-corrected chi connectivity index (χ4v) is 1.81. The molecule has 0 aromatic heterocycles. The number of nitrogens with two attached hydrogens (primary N) is 1. The van der Waals surface area contributed by atoms with Crippen molar-refractivity contribution in [1.82, 2.24) is 4.90 Å². The molecular weight excluding hydrogens is 256 g/mol. The van der Waals surface area contributed by atoms with Crippen molar-refractivity contribution in [2.75, 3.05) is 32.6 Å². The summed E-state index contributed by atoms with van der Waals surface area (Å²) in [6, 6.07) is 7.38. The van der Waals surface area contributed by atoms with Crippen molar-refractivity contribution in [2.45, 2.75) is 6.92 Å². The van der Waals surface area contributed by atoms with Crippen molar-refractivity contribution in [3.05, 3.63) is 29.8 Å². The fraction of sp³-hybridized carbons (Fsp3) is 0.429. The highest BCUT2D eigenvalue weighted by Crippen LogP contribution is 2.14. The van der Waals surface area contributed by atoms with Crippen LogP contribution in [0.3, 0.4) is 0 Å². The van der Waals surface area contributed by atoms with E-state index >= 15 is 0 Å². The van der Waals surface area contributed by atoms with E-state index in [-0.39, 0.29) is 17.7 Å². The molecule has 1 aromatic rings. The number of hydrogen-bond donors (Lipinski definition) is 2. The third-order valence-corrected chi connectivity index (χ3v) is 3.15. The van der Waals surface area contributed by atoms with Crippen molar-refractivity contribution < 1.29 is 10.0 Å². The molecule has 1 atom stereocenters. The zero-order valence-corrected chi connectivity index (χ0v) is 12.4. The van der Waals surface area contributed by atoms with Crippen LogP contribution in [0.4, 0.5) is 5.69 Å². The molecule has 20 heavy (non-hydrogen) atoms. The summed E-state index contributed by atoms with van der Waals surface area (Å²) in [7, 11) is 5.59. The largest absolute Gasteiger partial charge is 0.409 e. The molecule has 3 N–H and O–H groups in total. The van der Waals surface area contributed by atoms with Crippen molar-refractivity contribution in [3.8, 4) is 0 Å². The van der Waals surface area contributed by atoms with Crippen molar-refractivity contribution in [2.24, 2.45) is 16.8 Å². The summed E-state index contributed by atoms with van der Waals surface area (Å²) < 4.78 is 0. The van der Waals surface area contributed by atoms with E-state index in [1.807, 2.05) is 31.1 Å². The summed E-state index contributed by atoms with van der Waals surface area (Å²) in [6.45, 7) is 2.19. The predicted octanol–water partition coefficient (Wildman–Crippen LogP) is 1.21. The van der Waals surface area contributed by atoms with E-state index in [0.29, 0.717) is 12.1 Å². The number of amides is 1. The second-order valence-electron chi connectivity index (χ2n) is 5.05. The monoisotopic (exact) mass is 278 g/mol. The predicted molar refractivity (Wildman–Crippen MR) is 80.3 cm³/mol. The maximum Gasteiger partial charge on any atom is 0.253 e. The van der Waals surface area contributed by atoms with Crippen LogP contribution in [0.25, 0.3) is 0 Å². The molecule has 1 amide bonds. The smallest absolute Gasteiger partial charge is 0.253 e. The van der Waals surface area contributed by atoms with Gasteiger partial charge in [-0.1, -0.05) is 12.1 Å². The van der Waals surface area contributed by atoms with E-state index in [1.54, 1.807) is 31.0 Å². The Labute approximate surface area is 119 Å². The van der Waals surface area contributed by atoms with E-state index in [2.05, 4.69) is 5.16 Å². The molecule has 1 unspecified atom stereocenters. The van der Waals surface area contributed by atoms with Crippen LogP contribution >= 0.6 is 0 Å². The Balaban J connectivity index is 2.74. The Kier molecular flexibility index (Phi) is 5.37. The lowest BCUT2D eigenvalue weighted by atomic mass is 10.1. The van der Waals surface area contributed by atoms with E-state index in [0.717, 1.165) is 5.69 Å². The van der Waals surface area contributed by atoms with Crippen LogP contribution in [-0.2, 0) is 0 Å². The molecule has 110 valence electrons. The van der Waals surface area contributed by atoms with Gasteiger partial charge in [0, 0.05) is 44.9 Å². The van der Waals surface area contributed by atoms with Gasteiger partial charge in [0.1, 0.15) is 5.84 Å². The number of rotatable bonds is 5. The molecule has 0 spiro atoms. The Bertz CT molecular complexity index is 482. The summed E-state index contributed by atoms with van der Waals surface area (Å²) in [4.78, 5) is 15.8. The van der Waals surface area contributed by atoms with E-state index in [9.17, 15) is 4.79 Å². The number of benzene rings is 1. The SMILES string of the molecule is CC(CN(C)C(=O)c1ccc(N(C)C)cc1)C(N)=NO. The van der Waals surface area contributed by atoms with E-state index in [4.69, 9.17) is 10.9 Å². The maximum absolute atomic E-state index is 12.2. The number of anilines is 1. The number of amidine groups is 1. The second-order valence-corrected chi connectivity index (χ2v) is 5.05. The van der Waals surface area contributed by atoms with Crippen LogP contribution in [0.5, 0.6) is 0 Å². The molecule has 6 heteroatoms. The fourth-order valence-electron chi connectivity index (χ4n) is 1.81. The molecule has 0 heterocycles. The van der Waals surface area contributed by atoms with Gasteiger partial charge in [-0.2, -0.15) is 0 Å². The van der Waals surface area contributed by atoms with Gasteiger partial charge in [-0.25, -0.2) is 0 Å². The number of carbonyl (C=O) groups excluding carboxylic acids is 1. The average Bonchev–Trinajstić information content (AvgIpc) is 2.45. The van der Waals surface area contributed by atoms with Crippen LogP contribution in [0.2, 0.25) is 0 Å². The minimum absolute atomic E-state index is 0.0899. The molecule has 1 rings (SSSR count). The molecule has 0 aliphatic heterocycles. The van der Waals surface area contributed by atoms with Crippen LogP contribution in [0.1, 0.15) is 17.3 Å². The van der Waals surface area contributed by atoms with Crippen LogP contribution in [0, 0.1) is 5.92 Å². The lowest BCUT2D eigenvalue weighted by molar-refractivity contribution is 0.0786. The topological polar surface area (TPSA) is 82.2 Å². The third kappa shape index (κ3) is 3.88. The first-order valence-electron chi connectivity index (χ1n) is 6.37. The third-order valence-electron chi connectivity index (χ3n) is 3.15. The summed E-state index contributed by atoms with van der Waals surface area (Å²) in [6.07, 6.45) is 0. The van der Waals surface area contributed by atoms with Gasteiger partial charge in [-0.15, -0.1) is 0 Å². The molecule has 6 nitrogen and oxygen atoms in total. The highest BCUT2D eigenvalue weighted by Gasteiger charge is 2.16. The van der Waals surface area contributed by atoms with Crippen molar-refractivity contribution in [3.63, 3.8) is 0 Å². The van der Waals surface area contributed by atoms with Gasteiger partial charge in [0.25, 0.3) is 5.91 Å². The van der Waals surface area contributed by atoms with Gasteiger partial charge in [0.05, 0.1) is 0 Å². The molecule has 0 bridgehead atoms. The van der Waals surface area contributed by atoms with Gasteiger partial charge < -0.3 is 20.7 Å². The van der Waals surface area contributed by atoms with Gasteiger partial charge in [-0.3, -0.25) is 4.79 Å². The summed E-state index contributed by atoms with van der Waals surface area (Å²) in [5, 5.41) is 11.6. The highest BCUT2D eigenvalue weighted by atomic mass is 16.4. The lowest BCUT2D eigenvalue weighted by Crippen LogP contribution is -2.36. The molecule has 0 saturated heterocycles. The molecular formula is C14H22N4O2.